The van der Waals surface area contributed by atoms with Crippen LogP contribution < -0.4 is 4.90 Å². The number of carbonyl (C=O) groups is 2. The van der Waals surface area contributed by atoms with E-state index in [0.717, 1.165) is 11.4 Å². The zero-order valence-corrected chi connectivity index (χ0v) is 15.2. The maximum Gasteiger partial charge on any atom is 0.261 e. The molecule has 0 aliphatic carbocycles. The van der Waals surface area contributed by atoms with Crippen molar-refractivity contribution in [3.63, 3.8) is 0 Å². The first kappa shape index (κ1) is 18.3. The molecule has 2 aromatic carbocycles. The lowest BCUT2D eigenvalue weighted by atomic mass is 10.1. The van der Waals surface area contributed by atoms with Crippen molar-refractivity contribution in [2.45, 2.75) is 32.5 Å². The topological polar surface area (TPSA) is 62.1 Å². The molecule has 0 saturated carbocycles. The van der Waals surface area contributed by atoms with E-state index in [1.165, 1.54) is 10.5 Å². The summed E-state index contributed by atoms with van der Waals surface area (Å²) in [5.74, 6) is -0.641. The first-order chi connectivity index (χ1) is 12.5. The molecule has 0 radical (unpaired) electrons. The van der Waals surface area contributed by atoms with Crippen LogP contribution in [-0.4, -0.2) is 47.1 Å². The van der Waals surface area contributed by atoms with Crippen LogP contribution in [0.1, 0.15) is 40.1 Å². The minimum atomic E-state index is -0.765. The fraction of sp³-hybridized carbons (Fsp3) is 0.333. The number of β-amino-alcohol motifs (C(OH)–C–C–N with tert-alkyl or cyclic N) is 1. The number of fused-ring (bicyclic) bond motifs is 1. The number of carbonyl (C=O) groups excluding carboxylic acids is 2. The van der Waals surface area contributed by atoms with Gasteiger partial charge in [0.1, 0.15) is 19.2 Å². The van der Waals surface area contributed by atoms with Crippen molar-refractivity contribution in [3.05, 3.63) is 71.3 Å². The van der Waals surface area contributed by atoms with Crippen molar-refractivity contribution in [3.8, 4) is 0 Å². The number of amides is 2. The zero-order chi connectivity index (χ0) is 18.7. The Morgan fingerprint density at radius 3 is 2.00 bits per heavy atom. The van der Waals surface area contributed by atoms with Crippen LogP contribution in [0.4, 0.5) is 0 Å². The molecule has 2 amide bonds. The summed E-state index contributed by atoms with van der Waals surface area (Å²) in [7, 11) is 0. The third kappa shape index (κ3) is 3.84. The molecule has 0 saturated heterocycles. The van der Waals surface area contributed by atoms with Crippen molar-refractivity contribution in [1.82, 2.24) is 4.90 Å². The minimum absolute atomic E-state index is 0.0252. The van der Waals surface area contributed by atoms with Gasteiger partial charge in [-0.3, -0.25) is 14.5 Å². The second-order valence-electron chi connectivity index (χ2n) is 7.10. The number of aliphatic hydroxyl groups is 1. The van der Waals surface area contributed by atoms with Gasteiger partial charge >= 0.3 is 0 Å². The van der Waals surface area contributed by atoms with E-state index in [4.69, 9.17) is 0 Å². The smallest absolute Gasteiger partial charge is 0.261 e. The Hall–Kier alpha value is -2.50. The fourth-order valence-electron chi connectivity index (χ4n) is 3.35. The van der Waals surface area contributed by atoms with Gasteiger partial charge in [0.05, 0.1) is 23.7 Å². The van der Waals surface area contributed by atoms with Crippen LogP contribution in [0.3, 0.4) is 0 Å². The third-order valence-electron chi connectivity index (χ3n) is 4.86. The molecule has 1 aliphatic heterocycles. The van der Waals surface area contributed by atoms with Crippen LogP contribution in [-0.2, 0) is 6.54 Å². The largest absolute Gasteiger partial charge is 0.385 e. The molecule has 0 aromatic heterocycles. The van der Waals surface area contributed by atoms with Gasteiger partial charge in [-0.15, -0.1) is 0 Å². The van der Waals surface area contributed by atoms with Gasteiger partial charge in [-0.1, -0.05) is 42.5 Å². The normalized spacial score (nSPS) is 16.1. The van der Waals surface area contributed by atoms with Gasteiger partial charge in [-0.25, -0.2) is 0 Å². The zero-order valence-electron chi connectivity index (χ0n) is 15.2. The van der Waals surface area contributed by atoms with E-state index >= 15 is 0 Å². The number of nitrogens with one attached hydrogen (secondary N) is 1. The standard InChI is InChI=1S/C21H24N2O3/c1-15(2)22(12-16-8-4-3-5-9-16)13-17(24)14-23-20(25)18-10-6-7-11-19(18)21(23)26/h3-11,15,17,24H,12-14H2,1-2H3/p+1/t17-/m0/s1. The van der Waals surface area contributed by atoms with Crippen molar-refractivity contribution in [2.24, 2.45) is 0 Å². The molecule has 5 heteroatoms. The Labute approximate surface area is 153 Å². The van der Waals surface area contributed by atoms with Crippen LogP contribution >= 0.6 is 0 Å². The van der Waals surface area contributed by atoms with Gasteiger partial charge in [0, 0.05) is 5.56 Å². The number of quaternary nitrogens is 1. The molecule has 1 heterocycles. The number of rotatable bonds is 7. The summed E-state index contributed by atoms with van der Waals surface area (Å²) in [5, 5.41) is 10.6. The van der Waals surface area contributed by atoms with Gasteiger partial charge in [0.15, 0.2) is 0 Å². The summed E-state index contributed by atoms with van der Waals surface area (Å²) < 4.78 is 0. The Morgan fingerprint density at radius 2 is 1.46 bits per heavy atom. The fourth-order valence-corrected chi connectivity index (χ4v) is 3.35. The molecular weight excluding hydrogens is 328 g/mol. The van der Waals surface area contributed by atoms with Gasteiger partial charge in [0.2, 0.25) is 0 Å². The summed E-state index contributed by atoms with van der Waals surface area (Å²) in [6.45, 7) is 5.50. The number of nitrogens with zero attached hydrogens (tertiary/aromatic N) is 1. The molecule has 0 spiro atoms. The maximum absolute atomic E-state index is 12.4. The van der Waals surface area contributed by atoms with E-state index < -0.39 is 6.10 Å². The molecule has 1 unspecified atom stereocenters. The second kappa shape index (κ2) is 7.81. The van der Waals surface area contributed by atoms with Crippen molar-refractivity contribution in [1.29, 1.82) is 0 Å². The molecule has 2 aromatic rings. The molecule has 2 N–H and O–H groups in total. The predicted octanol–water partition coefficient (Wildman–Crippen LogP) is 1.14. The SMILES string of the molecule is CC(C)[NH+](Cc1ccccc1)C[C@H](O)CN1C(=O)c2ccccc2C1=O. The van der Waals surface area contributed by atoms with Gasteiger partial charge in [-0.05, 0) is 26.0 Å². The van der Waals surface area contributed by atoms with Crippen molar-refractivity contribution in [2.75, 3.05) is 13.1 Å². The van der Waals surface area contributed by atoms with Crippen molar-refractivity contribution < 1.29 is 19.6 Å². The second-order valence-corrected chi connectivity index (χ2v) is 7.10. The number of hydrogen-bond acceptors (Lipinski definition) is 3. The average molecular weight is 353 g/mol. The summed E-state index contributed by atoms with van der Waals surface area (Å²) in [5.41, 5.74) is 2.04. The van der Waals surface area contributed by atoms with E-state index in [1.54, 1.807) is 24.3 Å². The number of benzene rings is 2. The molecular formula is C21H25N2O3+. The molecule has 3 rings (SSSR count). The predicted molar refractivity (Wildman–Crippen MR) is 98.9 cm³/mol. The van der Waals surface area contributed by atoms with Crippen LogP contribution in [0.15, 0.2) is 54.6 Å². The Morgan fingerprint density at radius 1 is 0.923 bits per heavy atom. The third-order valence-corrected chi connectivity index (χ3v) is 4.86. The summed E-state index contributed by atoms with van der Waals surface area (Å²) >= 11 is 0. The Balaban J connectivity index is 1.65. The van der Waals surface area contributed by atoms with E-state index in [-0.39, 0.29) is 18.4 Å². The molecule has 5 nitrogen and oxygen atoms in total. The van der Waals surface area contributed by atoms with E-state index in [1.807, 2.05) is 18.2 Å². The molecule has 136 valence electrons. The van der Waals surface area contributed by atoms with Gasteiger partial charge < -0.3 is 10.0 Å². The maximum atomic E-state index is 12.4. The lowest BCUT2D eigenvalue weighted by molar-refractivity contribution is -0.937. The van der Waals surface area contributed by atoms with Crippen LogP contribution in [0.25, 0.3) is 0 Å². The highest BCUT2D eigenvalue weighted by Crippen LogP contribution is 2.22. The molecule has 0 bridgehead atoms. The number of imide groups is 1. The summed E-state index contributed by atoms with van der Waals surface area (Å²) in [6, 6.07) is 17.2. The Bertz CT molecular complexity index is 754. The quantitative estimate of drug-likeness (QED) is 0.734. The lowest BCUT2D eigenvalue weighted by Crippen LogP contribution is -3.14. The highest BCUT2D eigenvalue weighted by atomic mass is 16.3. The van der Waals surface area contributed by atoms with Gasteiger partial charge in [-0.2, -0.15) is 0 Å². The Kier molecular flexibility index (Phi) is 5.49. The average Bonchev–Trinajstić information content (AvgIpc) is 2.87. The first-order valence-electron chi connectivity index (χ1n) is 8.99. The van der Waals surface area contributed by atoms with E-state index in [2.05, 4.69) is 26.0 Å². The molecule has 1 aliphatic rings. The van der Waals surface area contributed by atoms with Crippen LogP contribution in [0, 0.1) is 0 Å². The highest BCUT2D eigenvalue weighted by molar-refractivity contribution is 6.21. The summed E-state index contributed by atoms with van der Waals surface area (Å²) in [6.07, 6.45) is -0.765. The molecule has 26 heavy (non-hydrogen) atoms. The monoisotopic (exact) mass is 353 g/mol. The highest BCUT2D eigenvalue weighted by Gasteiger charge is 2.36. The number of aliphatic hydroxyl groups excluding tert-OH is 1. The number of hydrogen-bond donors (Lipinski definition) is 2. The minimum Gasteiger partial charge on any atom is -0.385 e. The molecule has 2 atom stereocenters. The van der Waals surface area contributed by atoms with Crippen LogP contribution in [0.2, 0.25) is 0 Å². The lowest BCUT2D eigenvalue weighted by Gasteiger charge is -2.27. The van der Waals surface area contributed by atoms with Crippen molar-refractivity contribution >= 4 is 11.8 Å². The van der Waals surface area contributed by atoms with E-state index in [9.17, 15) is 14.7 Å². The van der Waals surface area contributed by atoms with Gasteiger partial charge in [0.25, 0.3) is 11.8 Å². The van der Waals surface area contributed by atoms with Crippen LogP contribution in [0.5, 0.6) is 0 Å². The first-order valence-corrected chi connectivity index (χ1v) is 8.99. The molecule has 0 fully saturated rings. The summed E-state index contributed by atoms with van der Waals surface area (Å²) in [4.78, 5) is 27.3. The van der Waals surface area contributed by atoms with E-state index in [0.29, 0.717) is 23.7 Å².